The Hall–Kier alpha value is -3.50. The molecule has 1 amide bonds. The number of carboxylic acids is 1. The maximum Gasteiger partial charge on any atom is 0.323 e. The lowest BCUT2D eigenvalue weighted by Crippen LogP contribution is -2.44. The van der Waals surface area contributed by atoms with E-state index in [1.807, 2.05) is 29.2 Å². The monoisotopic (exact) mass is 509 g/mol. The van der Waals surface area contributed by atoms with E-state index in [0.717, 1.165) is 47.4 Å². The molecule has 37 heavy (non-hydrogen) atoms. The zero-order valence-corrected chi connectivity index (χ0v) is 21.8. The second-order valence-corrected chi connectivity index (χ2v) is 10.1. The number of hydrogen-bond acceptors (Lipinski definition) is 6. The van der Waals surface area contributed by atoms with Crippen LogP contribution < -0.4 is 10.9 Å². The van der Waals surface area contributed by atoms with E-state index < -0.39 is 18.1 Å². The number of pyridine rings is 1. The minimum Gasteiger partial charge on any atom is -0.480 e. The summed E-state index contributed by atoms with van der Waals surface area (Å²) < 4.78 is 3.72. The minimum absolute atomic E-state index is 0.0600. The van der Waals surface area contributed by atoms with Crippen molar-refractivity contribution in [3.05, 3.63) is 51.9 Å². The van der Waals surface area contributed by atoms with E-state index in [1.165, 1.54) is 6.92 Å². The summed E-state index contributed by atoms with van der Waals surface area (Å²) in [6, 6.07) is 6.59. The molecule has 2 unspecified atom stereocenters. The summed E-state index contributed by atoms with van der Waals surface area (Å²) in [5.41, 5.74) is 3.92. The Labute approximate surface area is 215 Å². The first-order valence-corrected chi connectivity index (χ1v) is 12.6. The number of piperidine rings is 1. The van der Waals surface area contributed by atoms with Crippen LogP contribution in [0.25, 0.3) is 22.4 Å². The Kier molecular flexibility index (Phi) is 7.79. The average Bonchev–Trinajstić information content (AvgIpc) is 3.19. The van der Waals surface area contributed by atoms with Crippen LogP contribution in [0.2, 0.25) is 0 Å². The Morgan fingerprint density at radius 2 is 2.03 bits per heavy atom. The van der Waals surface area contributed by atoms with Crippen molar-refractivity contribution < 1.29 is 19.8 Å². The summed E-state index contributed by atoms with van der Waals surface area (Å²) in [5.74, 6) is -0.0137. The highest BCUT2D eigenvalue weighted by Crippen LogP contribution is 2.29. The molecule has 1 aliphatic heterocycles. The van der Waals surface area contributed by atoms with E-state index in [0.29, 0.717) is 18.7 Å². The zero-order valence-electron chi connectivity index (χ0n) is 21.8. The lowest BCUT2D eigenvalue weighted by Gasteiger charge is -2.32. The SMILES string of the molecule is CC(=O)N1CCC[C@@H](Cn2c(-c3cc(C)c(=O)n(C)c3)nc3cc(CNC(C(=O)O)C(C)O)ccc32)C1. The van der Waals surface area contributed by atoms with Crippen LogP contribution >= 0.6 is 0 Å². The Balaban J connectivity index is 1.73. The Morgan fingerprint density at radius 1 is 1.27 bits per heavy atom. The molecule has 1 saturated heterocycles. The quantitative estimate of drug-likeness (QED) is 0.423. The highest BCUT2D eigenvalue weighted by atomic mass is 16.4. The van der Waals surface area contributed by atoms with Crippen molar-refractivity contribution in [2.24, 2.45) is 13.0 Å². The molecular formula is C27H35N5O5. The predicted molar refractivity (Wildman–Crippen MR) is 140 cm³/mol. The van der Waals surface area contributed by atoms with E-state index in [9.17, 15) is 24.6 Å². The molecule has 4 rings (SSSR count). The van der Waals surface area contributed by atoms with Gasteiger partial charge in [-0.3, -0.25) is 19.7 Å². The highest BCUT2D eigenvalue weighted by molar-refractivity contribution is 5.81. The van der Waals surface area contributed by atoms with E-state index >= 15 is 0 Å². The number of fused-ring (bicyclic) bond motifs is 1. The van der Waals surface area contributed by atoms with Crippen LogP contribution in [0.4, 0.5) is 0 Å². The fourth-order valence-electron chi connectivity index (χ4n) is 5.14. The molecule has 2 aromatic heterocycles. The number of imidazole rings is 1. The summed E-state index contributed by atoms with van der Waals surface area (Å²) in [5, 5.41) is 22.0. The van der Waals surface area contributed by atoms with Crippen molar-refractivity contribution in [1.29, 1.82) is 0 Å². The van der Waals surface area contributed by atoms with Crippen molar-refractivity contribution in [1.82, 2.24) is 24.3 Å². The molecule has 10 heteroatoms. The van der Waals surface area contributed by atoms with Gasteiger partial charge in [0.2, 0.25) is 5.91 Å². The van der Waals surface area contributed by atoms with Crippen LogP contribution in [-0.2, 0) is 29.7 Å². The number of nitrogens with one attached hydrogen (secondary N) is 1. The molecule has 0 radical (unpaired) electrons. The molecule has 3 atom stereocenters. The van der Waals surface area contributed by atoms with Crippen LogP contribution in [-0.4, -0.2) is 66.3 Å². The number of aliphatic hydroxyl groups is 1. The minimum atomic E-state index is -1.11. The van der Waals surface area contributed by atoms with E-state index in [-0.39, 0.29) is 23.9 Å². The lowest BCUT2D eigenvalue weighted by atomic mass is 9.97. The van der Waals surface area contributed by atoms with Crippen molar-refractivity contribution in [2.75, 3.05) is 13.1 Å². The van der Waals surface area contributed by atoms with E-state index in [2.05, 4.69) is 9.88 Å². The summed E-state index contributed by atoms with van der Waals surface area (Å²) in [7, 11) is 1.72. The van der Waals surface area contributed by atoms with Crippen molar-refractivity contribution in [3.63, 3.8) is 0 Å². The smallest absolute Gasteiger partial charge is 0.323 e. The third kappa shape index (κ3) is 5.75. The number of hydrogen-bond donors (Lipinski definition) is 3. The summed E-state index contributed by atoms with van der Waals surface area (Å²) in [6.45, 7) is 7.25. The van der Waals surface area contributed by atoms with Crippen LogP contribution in [0.5, 0.6) is 0 Å². The number of likely N-dealkylation sites (tertiary alicyclic amines) is 1. The van der Waals surface area contributed by atoms with Crippen LogP contribution in [0.1, 0.15) is 37.8 Å². The molecule has 1 aliphatic rings. The number of carbonyl (C=O) groups excluding carboxylic acids is 1. The van der Waals surface area contributed by atoms with Gasteiger partial charge in [0.05, 0.1) is 17.1 Å². The molecule has 198 valence electrons. The molecule has 10 nitrogen and oxygen atoms in total. The van der Waals surface area contributed by atoms with Gasteiger partial charge in [-0.25, -0.2) is 4.98 Å². The second-order valence-electron chi connectivity index (χ2n) is 10.1. The van der Waals surface area contributed by atoms with Crippen molar-refractivity contribution in [3.8, 4) is 11.4 Å². The lowest BCUT2D eigenvalue weighted by molar-refractivity contribution is -0.142. The predicted octanol–water partition coefficient (Wildman–Crippen LogP) is 1.89. The van der Waals surface area contributed by atoms with Crippen LogP contribution in [0.15, 0.2) is 35.3 Å². The fourth-order valence-corrected chi connectivity index (χ4v) is 5.14. The summed E-state index contributed by atoms with van der Waals surface area (Å²) in [6.07, 6.45) is 2.71. The number of rotatable bonds is 8. The number of amides is 1. The van der Waals surface area contributed by atoms with Gasteiger partial charge in [-0.15, -0.1) is 0 Å². The fraction of sp³-hybridized carbons (Fsp3) is 0.481. The standard InChI is InChI=1S/C27H35N5O5/c1-16-10-21(15-30(4)26(16)35)25-29-22-11-19(12-28-24(17(2)33)27(36)37)7-8-23(22)32(25)14-20-6-5-9-31(13-20)18(3)34/h7-8,10-11,15,17,20,24,28,33H,5-6,9,12-14H2,1-4H3,(H,36,37)/t17?,20-,24?/m1/s1. The molecule has 3 N–H and O–H groups in total. The molecular weight excluding hydrogens is 474 g/mol. The average molecular weight is 510 g/mol. The third-order valence-corrected chi connectivity index (χ3v) is 7.11. The van der Waals surface area contributed by atoms with Gasteiger partial charge in [0, 0.05) is 57.5 Å². The number of carboxylic acid groups (broad SMARTS) is 1. The summed E-state index contributed by atoms with van der Waals surface area (Å²) in [4.78, 5) is 42.6. The Bertz CT molecular complexity index is 1350. The molecule has 3 aromatic rings. The normalized spacial score (nSPS) is 17.6. The number of carbonyl (C=O) groups is 2. The molecule has 3 heterocycles. The molecule has 0 bridgehead atoms. The largest absolute Gasteiger partial charge is 0.480 e. The van der Waals surface area contributed by atoms with Gasteiger partial charge in [-0.05, 0) is 56.4 Å². The maximum absolute atomic E-state index is 12.3. The van der Waals surface area contributed by atoms with Gasteiger partial charge in [-0.1, -0.05) is 6.07 Å². The molecule has 1 aromatic carbocycles. The number of aliphatic hydroxyl groups excluding tert-OH is 1. The third-order valence-electron chi connectivity index (χ3n) is 7.11. The molecule has 0 aliphatic carbocycles. The Morgan fingerprint density at radius 3 is 2.68 bits per heavy atom. The number of benzene rings is 1. The zero-order chi connectivity index (χ0) is 26.9. The molecule has 0 saturated carbocycles. The molecule has 1 fully saturated rings. The van der Waals surface area contributed by atoms with Gasteiger partial charge >= 0.3 is 5.97 Å². The number of aliphatic carboxylic acids is 1. The highest BCUT2D eigenvalue weighted by Gasteiger charge is 2.25. The number of aryl methyl sites for hydroxylation is 2. The van der Waals surface area contributed by atoms with Gasteiger partial charge in [0.15, 0.2) is 0 Å². The van der Waals surface area contributed by atoms with E-state index in [4.69, 9.17) is 4.98 Å². The van der Waals surface area contributed by atoms with Gasteiger partial charge in [-0.2, -0.15) is 0 Å². The van der Waals surface area contributed by atoms with E-state index in [1.54, 1.807) is 31.7 Å². The molecule has 0 spiro atoms. The summed E-state index contributed by atoms with van der Waals surface area (Å²) >= 11 is 0. The van der Waals surface area contributed by atoms with Crippen LogP contribution in [0.3, 0.4) is 0 Å². The van der Waals surface area contributed by atoms with Crippen molar-refractivity contribution >= 4 is 22.9 Å². The first-order chi connectivity index (χ1) is 17.5. The number of aromatic nitrogens is 3. The second kappa shape index (κ2) is 10.9. The van der Waals surface area contributed by atoms with Crippen molar-refractivity contribution in [2.45, 2.75) is 58.8 Å². The first kappa shape index (κ1) is 26.6. The van der Waals surface area contributed by atoms with Gasteiger partial charge in [0.1, 0.15) is 11.9 Å². The van der Waals surface area contributed by atoms with Crippen LogP contribution in [0, 0.1) is 12.8 Å². The first-order valence-electron chi connectivity index (χ1n) is 12.6. The topological polar surface area (TPSA) is 130 Å². The van der Waals surface area contributed by atoms with Gasteiger partial charge < -0.3 is 24.2 Å². The number of nitrogens with zero attached hydrogens (tertiary/aromatic N) is 4. The maximum atomic E-state index is 12.3. The van der Waals surface area contributed by atoms with Gasteiger partial charge in [0.25, 0.3) is 5.56 Å².